The molecule has 4 atom stereocenters. The van der Waals surface area contributed by atoms with Gasteiger partial charge in [0.25, 0.3) is 0 Å². The molecule has 1 heteroatoms. The molecular weight excluding hydrogens is 136 g/mol. The molecule has 0 aliphatic heterocycles. The van der Waals surface area contributed by atoms with Crippen LogP contribution in [0.4, 0.5) is 0 Å². The molecule has 0 aromatic heterocycles. The monoisotopic (exact) mass is 146 g/mol. The summed E-state index contributed by atoms with van der Waals surface area (Å²) in [7, 11) is 0. The number of ketones is 1. The highest BCUT2D eigenvalue weighted by Gasteiger charge is 2.47. The highest BCUT2D eigenvalue weighted by Crippen LogP contribution is 2.49. The molecule has 0 N–H and O–H groups in total. The minimum absolute atomic E-state index is 0.278. The van der Waals surface area contributed by atoms with Crippen LogP contribution in [0, 0.1) is 23.7 Å². The van der Waals surface area contributed by atoms with Gasteiger partial charge in [-0.1, -0.05) is 24.3 Å². The second kappa shape index (κ2) is 1.66. The van der Waals surface area contributed by atoms with Crippen molar-refractivity contribution in [1.29, 1.82) is 0 Å². The van der Waals surface area contributed by atoms with Crippen LogP contribution in [0.5, 0.6) is 0 Å². The van der Waals surface area contributed by atoms with Crippen LogP contribution in [0.3, 0.4) is 0 Å². The summed E-state index contributed by atoms with van der Waals surface area (Å²) in [6, 6.07) is 0. The van der Waals surface area contributed by atoms with E-state index in [0.29, 0.717) is 23.5 Å². The minimum Gasteiger partial charge on any atom is -0.299 e. The van der Waals surface area contributed by atoms with Crippen molar-refractivity contribution >= 4 is 5.78 Å². The molecular formula is C10H10O. The first-order valence-corrected chi connectivity index (χ1v) is 4.25. The number of hydrogen-bond acceptors (Lipinski definition) is 1. The molecule has 1 fully saturated rings. The van der Waals surface area contributed by atoms with Crippen molar-refractivity contribution in [2.75, 3.05) is 0 Å². The Hall–Kier alpha value is -0.850. The fraction of sp³-hybridized carbons (Fsp3) is 0.500. The van der Waals surface area contributed by atoms with Crippen LogP contribution in [-0.4, -0.2) is 5.78 Å². The van der Waals surface area contributed by atoms with Crippen LogP contribution in [0.15, 0.2) is 24.3 Å². The summed E-state index contributed by atoms with van der Waals surface area (Å²) in [6.07, 6.45) is 9.60. The first kappa shape index (κ1) is 5.76. The summed E-state index contributed by atoms with van der Waals surface area (Å²) in [4.78, 5) is 11.4. The van der Waals surface area contributed by atoms with Gasteiger partial charge in [0.05, 0.1) is 0 Å². The Morgan fingerprint density at radius 1 is 1.18 bits per heavy atom. The molecule has 56 valence electrons. The minimum atomic E-state index is 0.278. The van der Waals surface area contributed by atoms with Gasteiger partial charge in [-0.25, -0.2) is 0 Å². The van der Waals surface area contributed by atoms with E-state index in [1.54, 1.807) is 0 Å². The predicted molar refractivity (Wildman–Crippen MR) is 41.9 cm³/mol. The molecule has 3 aliphatic carbocycles. The molecule has 11 heavy (non-hydrogen) atoms. The Bertz CT molecular complexity index is 275. The van der Waals surface area contributed by atoms with Gasteiger partial charge in [0.1, 0.15) is 5.78 Å². The van der Waals surface area contributed by atoms with E-state index < -0.39 is 0 Å². The fourth-order valence-corrected chi connectivity index (χ4v) is 2.78. The van der Waals surface area contributed by atoms with E-state index in [-0.39, 0.29) is 5.92 Å². The van der Waals surface area contributed by atoms with E-state index in [2.05, 4.69) is 24.3 Å². The quantitative estimate of drug-likeness (QED) is 0.474. The Labute approximate surface area is 65.8 Å². The third kappa shape index (κ3) is 0.550. The van der Waals surface area contributed by atoms with E-state index in [0.717, 1.165) is 6.42 Å². The Morgan fingerprint density at radius 2 is 2.00 bits per heavy atom. The Kier molecular flexibility index (Phi) is 0.867. The Balaban J connectivity index is 2.10. The lowest BCUT2D eigenvalue weighted by Gasteiger charge is -2.12. The van der Waals surface area contributed by atoms with Crippen molar-refractivity contribution in [1.82, 2.24) is 0 Å². The summed E-state index contributed by atoms with van der Waals surface area (Å²) in [5.74, 6) is 2.54. The summed E-state index contributed by atoms with van der Waals surface area (Å²) in [5, 5.41) is 0. The lowest BCUT2D eigenvalue weighted by Crippen LogP contribution is -2.12. The summed E-state index contributed by atoms with van der Waals surface area (Å²) >= 11 is 0. The lowest BCUT2D eigenvalue weighted by atomic mass is 9.90. The van der Waals surface area contributed by atoms with Crippen LogP contribution in [0.1, 0.15) is 6.42 Å². The largest absolute Gasteiger partial charge is 0.299 e. The van der Waals surface area contributed by atoms with Gasteiger partial charge in [0.2, 0.25) is 0 Å². The zero-order chi connectivity index (χ0) is 7.42. The number of allylic oxidation sites excluding steroid dienone is 4. The van der Waals surface area contributed by atoms with Gasteiger partial charge < -0.3 is 0 Å². The normalized spacial score (nSPS) is 50.7. The van der Waals surface area contributed by atoms with Gasteiger partial charge in [0, 0.05) is 12.3 Å². The molecule has 0 aromatic carbocycles. The van der Waals surface area contributed by atoms with Gasteiger partial charge in [-0.15, -0.1) is 0 Å². The number of carbonyl (C=O) groups excluding carboxylic acids is 1. The molecule has 0 heterocycles. The molecule has 0 radical (unpaired) electrons. The average Bonchev–Trinajstić information content (AvgIpc) is 2.53. The molecule has 0 bridgehead atoms. The summed E-state index contributed by atoms with van der Waals surface area (Å²) in [5.41, 5.74) is 0. The summed E-state index contributed by atoms with van der Waals surface area (Å²) < 4.78 is 0. The van der Waals surface area contributed by atoms with E-state index in [9.17, 15) is 4.79 Å². The van der Waals surface area contributed by atoms with Gasteiger partial charge >= 0.3 is 0 Å². The smallest absolute Gasteiger partial charge is 0.140 e. The van der Waals surface area contributed by atoms with Gasteiger partial charge in [0.15, 0.2) is 0 Å². The maximum absolute atomic E-state index is 11.4. The topological polar surface area (TPSA) is 17.1 Å². The molecule has 0 spiro atoms. The van der Waals surface area contributed by atoms with Crippen LogP contribution in [0.2, 0.25) is 0 Å². The lowest BCUT2D eigenvalue weighted by molar-refractivity contribution is -0.119. The highest BCUT2D eigenvalue weighted by molar-refractivity contribution is 5.87. The molecule has 3 aliphatic rings. The first-order valence-electron chi connectivity index (χ1n) is 4.25. The van der Waals surface area contributed by atoms with Crippen molar-refractivity contribution in [3.05, 3.63) is 24.3 Å². The molecule has 1 saturated carbocycles. The third-order valence-corrected chi connectivity index (χ3v) is 3.28. The van der Waals surface area contributed by atoms with Crippen LogP contribution in [-0.2, 0) is 4.79 Å². The van der Waals surface area contributed by atoms with Gasteiger partial charge in [-0.05, 0) is 17.8 Å². The molecule has 0 aromatic rings. The van der Waals surface area contributed by atoms with Crippen molar-refractivity contribution in [2.24, 2.45) is 23.7 Å². The summed E-state index contributed by atoms with van der Waals surface area (Å²) in [6.45, 7) is 0. The molecule has 0 saturated heterocycles. The van der Waals surface area contributed by atoms with Crippen LogP contribution in [0.25, 0.3) is 0 Å². The molecule has 3 rings (SSSR count). The average molecular weight is 146 g/mol. The van der Waals surface area contributed by atoms with Crippen molar-refractivity contribution < 1.29 is 4.79 Å². The molecule has 0 amide bonds. The van der Waals surface area contributed by atoms with Gasteiger partial charge in [-0.2, -0.15) is 0 Å². The zero-order valence-corrected chi connectivity index (χ0v) is 6.23. The second-order valence-corrected chi connectivity index (χ2v) is 3.78. The number of Topliss-reactive ketones (excluding diaryl/α,β-unsaturated/α-hetero) is 1. The van der Waals surface area contributed by atoms with E-state index in [1.807, 2.05) is 0 Å². The maximum Gasteiger partial charge on any atom is 0.140 e. The van der Waals surface area contributed by atoms with Crippen LogP contribution < -0.4 is 0 Å². The predicted octanol–water partition coefficient (Wildman–Crippen LogP) is 1.56. The number of rotatable bonds is 0. The first-order chi connectivity index (χ1) is 5.36. The fourth-order valence-electron chi connectivity index (χ4n) is 2.78. The van der Waals surface area contributed by atoms with Crippen molar-refractivity contribution in [2.45, 2.75) is 6.42 Å². The van der Waals surface area contributed by atoms with E-state index in [1.165, 1.54) is 0 Å². The SMILES string of the molecule is O=C1C[C@@H]2C=C[C@@H]3C=C[C@@H]1[C@@H]32. The maximum atomic E-state index is 11.4. The second-order valence-electron chi connectivity index (χ2n) is 3.78. The van der Waals surface area contributed by atoms with Gasteiger partial charge in [-0.3, -0.25) is 4.79 Å². The van der Waals surface area contributed by atoms with E-state index >= 15 is 0 Å². The van der Waals surface area contributed by atoms with E-state index in [4.69, 9.17) is 0 Å². The zero-order valence-electron chi connectivity index (χ0n) is 6.23. The highest BCUT2D eigenvalue weighted by atomic mass is 16.1. The third-order valence-electron chi connectivity index (χ3n) is 3.28. The molecule has 1 nitrogen and oxygen atoms in total. The Morgan fingerprint density at radius 3 is 2.91 bits per heavy atom. The van der Waals surface area contributed by atoms with Crippen molar-refractivity contribution in [3.8, 4) is 0 Å². The number of hydrogen-bond donors (Lipinski definition) is 0. The number of carbonyl (C=O) groups is 1. The van der Waals surface area contributed by atoms with Crippen LogP contribution >= 0.6 is 0 Å². The van der Waals surface area contributed by atoms with Crippen molar-refractivity contribution in [3.63, 3.8) is 0 Å². The standard InChI is InChI=1S/C10H10O/c11-9-5-7-2-1-6-3-4-8(9)10(6)7/h1-4,6-8,10H,5H2/t6-,7+,8+,10+/m1/s1. The molecule has 0 unspecified atom stereocenters.